The maximum absolute atomic E-state index is 13.6. The summed E-state index contributed by atoms with van der Waals surface area (Å²) in [6.07, 6.45) is -18.7. The Morgan fingerprint density at radius 3 is 0.643 bits per heavy atom. The second kappa shape index (κ2) is 17.1. The zero-order valence-electron chi connectivity index (χ0n) is 37.6. The van der Waals surface area contributed by atoms with Crippen LogP contribution < -0.4 is 15.3 Å². The molecular weight excluding hydrogens is 1170 g/mol. The fraction of sp³-hybridized carbons (Fsp3) is 0.786. The standard InChI is InChI=1S/3C14H15F7O2.Yb/c3*1-10(2)6-4-5-11(10,3)8(22)7(6)9(23)12(15,16)13(17,18)14(19,20)21;/h3*6,23H,4-5H2,1-3H3;/q;;;+3/p-3/b3*9-7-;. The Balaban J connectivity index is 0.000000276. The summed E-state index contributed by atoms with van der Waals surface area (Å²) < 4.78 is 270. The summed E-state index contributed by atoms with van der Waals surface area (Å²) in [5.74, 6) is -52.2. The molecule has 0 aromatic carbocycles. The number of fused-ring (bicyclic) bond motifs is 6. The van der Waals surface area contributed by atoms with Crippen molar-refractivity contribution >= 4 is 17.3 Å². The second-order valence-electron chi connectivity index (χ2n) is 20.6. The van der Waals surface area contributed by atoms with Crippen molar-refractivity contribution in [3.05, 3.63) is 34.0 Å². The molecule has 6 bridgehead atoms. The fourth-order valence-electron chi connectivity index (χ4n) is 10.9. The molecular formula is C42H42F21O6Yb. The number of halogens is 21. The van der Waals surface area contributed by atoms with Crippen LogP contribution >= 0.6 is 0 Å². The SMILES string of the molecule is CC12CCC(/C(=C(/[O-])C(F)(F)C(F)(F)C(F)(F)F)C1=O)C2(C)C.CC12CCC(/C(=C(/[O-])C(F)(F)C(F)(F)C(F)(F)F)C1=O)C2(C)C.CC12CCC(/C(=C(/[O-])C(F)(F)C(F)(F)C(F)(F)F)C1=O)C2(C)C.[Yb+3]. The molecule has 0 N–H and O–H groups in total. The number of hydrogen-bond donors (Lipinski definition) is 0. The van der Waals surface area contributed by atoms with Crippen molar-refractivity contribution in [2.45, 2.75) is 155 Å². The van der Waals surface area contributed by atoms with Gasteiger partial charge in [0.05, 0.1) is 0 Å². The number of carbonyl (C=O) groups excluding carboxylic acids is 3. The van der Waals surface area contributed by atoms with Gasteiger partial charge >= 0.3 is 101 Å². The van der Waals surface area contributed by atoms with Crippen molar-refractivity contribution in [3.8, 4) is 0 Å². The minimum atomic E-state index is -6.60. The van der Waals surface area contributed by atoms with Crippen molar-refractivity contribution in [1.82, 2.24) is 0 Å². The largest absolute Gasteiger partial charge is 3.00 e. The van der Waals surface area contributed by atoms with Gasteiger partial charge in [-0.15, -0.1) is 0 Å². The summed E-state index contributed by atoms with van der Waals surface area (Å²) >= 11 is 0. The molecule has 6 unspecified atom stereocenters. The predicted octanol–water partition coefficient (Wildman–Crippen LogP) is 10.4. The van der Waals surface area contributed by atoms with Crippen LogP contribution in [0, 0.1) is 97.2 Å². The third-order valence-electron chi connectivity index (χ3n) is 16.8. The van der Waals surface area contributed by atoms with E-state index in [-0.39, 0.29) is 85.4 Å². The number of Topliss-reactive ketones (excluding diaryl/α,β-unsaturated/α-hetero) is 3. The van der Waals surface area contributed by atoms with Gasteiger partial charge in [-0.1, -0.05) is 62.3 Å². The molecule has 6 aliphatic rings. The smallest absolute Gasteiger partial charge is 0.871 e. The first kappa shape index (κ1) is 62.0. The summed E-state index contributed by atoms with van der Waals surface area (Å²) in [5, 5.41) is 35.4. The summed E-state index contributed by atoms with van der Waals surface area (Å²) in [6, 6.07) is 0. The summed E-state index contributed by atoms with van der Waals surface area (Å²) in [7, 11) is 0. The molecule has 6 atom stereocenters. The van der Waals surface area contributed by atoms with Crippen LogP contribution in [0.25, 0.3) is 0 Å². The van der Waals surface area contributed by atoms with Crippen LogP contribution in [-0.2, 0) is 14.4 Å². The molecule has 0 spiro atoms. The molecule has 0 aromatic heterocycles. The molecule has 28 heteroatoms. The van der Waals surface area contributed by atoms with Crippen molar-refractivity contribution < 1.29 is 169 Å². The maximum Gasteiger partial charge on any atom is 3.00 e. The van der Waals surface area contributed by atoms with Gasteiger partial charge in [0, 0.05) is 16.2 Å². The molecule has 407 valence electrons. The molecule has 6 nitrogen and oxygen atoms in total. The molecule has 0 amide bonds. The van der Waals surface area contributed by atoms with E-state index in [0.29, 0.717) is 0 Å². The topological polar surface area (TPSA) is 120 Å². The van der Waals surface area contributed by atoms with Gasteiger partial charge in [0.2, 0.25) is 0 Å². The van der Waals surface area contributed by atoms with Gasteiger partial charge in [-0.3, -0.25) is 14.4 Å². The Labute approximate surface area is 423 Å². The van der Waals surface area contributed by atoms with E-state index in [1.165, 1.54) is 62.3 Å². The van der Waals surface area contributed by atoms with Gasteiger partial charge in [-0.2, -0.15) is 92.2 Å². The van der Waals surface area contributed by atoms with Crippen LogP contribution in [0.15, 0.2) is 34.0 Å². The predicted molar refractivity (Wildman–Crippen MR) is 188 cm³/mol. The molecule has 1 radical (unpaired) electrons. The van der Waals surface area contributed by atoms with Gasteiger partial charge in [0.25, 0.3) is 0 Å². The monoisotopic (exact) mass is 1220 g/mol. The second-order valence-corrected chi connectivity index (χ2v) is 20.6. The first-order chi connectivity index (χ1) is 30.1. The Morgan fingerprint density at radius 1 is 0.371 bits per heavy atom. The molecule has 6 rings (SSSR count). The van der Waals surface area contributed by atoms with E-state index in [2.05, 4.69) is 0 Å². The van der Waals surface area contributed by atoms with E-state index in [1.54, 1.807) is 0 Å². The van der Waals surface area contributed by atoms with Gasteiger partial charge < -0.3 is 15.3 Å². The van der Waals surface area contributed by atoms with E-state index in [0.717, 1.165) is 0 Å². The van der Waals surface area contributed by atoms with Crippen LogP contribution in [0.2, 0.25) is 0 Å². The minimum Gasteiger partial charge on any atom is -0.871 e. The van der Waals surface area contributed by atoms with Crippen molar-refractivity contribution in [2.75, 3.05) is 0 Å². The number of ketones is 3. The van der Waals surface area contributed by atoms with Crippen molar-refractivity contribution in [3.63, 3.8) is 0 Å². The van der Waals surface area contributed by atoms with Crippen LogP contribution in [0.4, 0.5) is 92.2 Å². The zero-order valence-corrected chi connectivity index (χ0v) is 39.3. The van der Waals surface area contributed by atoms with E-state index in [9.17, 15) is 122 Å². The van der Waals surface area contributed by atoms with Crippen LogP contribution in [0.5, 0.6) is 0 Å². The molecule has 70 heavy (non-hydrogen) atoms. The first-order valence-electron chi connectivity index (χ1n) is 20.5. The van der Waals surface area contributed by atoms with Gasteiger partial charge in [0.1, 0.15) is 0 Å². The zero-order chi connectivity index (χ0) is 54.7. The number of allylic oxidation sites excluding steroid dienone is 6. The average Bonchev–Trinajstić information content (AvgIpc) is 3.79. The number of carbonyl (C=O) groups is 3. The summed E-state index contributed by atoms with van der Waals surface area (Å²) in [6.45, 7) is 13.3. The molecule has 0 aromatic rings. The van der Waals surface area contributed by atoms with E-state index in [1.807, 2.05) is 0 Å². The third kappa shape index (κ3) is 7.88. The molecule has 6 fully saturated rings. The van der Waals surface area contributed by atoms with E-state index < -0.39 is 156 Å². The molecule has 0 heterocycles. The van der Waals surface area contributed by atoms with Crippen LogP contribution in [-0.4, -0.2) is 71.4 Å². The number of alkyl halides is 21. The number of rotatable bonds is 6. The fourth-order valence-corrected chi connectivity index (χ4v) is 10.9. The third-order valence-corrected chi connectivity index (χ3v) is 16.8. The molecule has 0 aliphatic heterocycles. The van der Waals surface area contributed by atoms with E-state index >= 15 is 0 Å². The van der Waals surface area contributed by atoms with Crippen LogP contribution in [0.3, 0.4) is 0 Å². The Bertz CT molecular complexity index is 2020. The molecule has 6 aliphatic carbocycles. The first-order valence-corrected chi connectivity index (χ1v) is 20.5. The van der Waals surface area contributed by atoms with Crippen molar-refractivity contribution in [2.24, 2.45) is 50.2 Å². The van der Waals surface area contributed by atoms with Crippen LogP contribution in [0.1, 0.15) is 101 Å². The molecule has 0 saturated heterocycles. The Hall–Kier alpha value is -2.32. The molecule has 6 saturated carbocycles. The van der Waals surface area contributed by atoms with Gasteiger partial charge in [-0.25, -0.2) is 0 Å². The number of hydrogen-bond acceptors (Lipinski definition) is 6. The average molecular weight is 1210 g/mol. The summed E-state index contributed by atoms with van der Waals surface area (Å²) in [4.78, 5) is 36.8. The maximum atomic E-state index is 13.6. The summed E-state index contributed by atoms with van der Waals surface area (Å²) in [5.41, 5.74) is -9.87. The quantitative estimate of drug-likeness (QED) is 0.148. The van der Waals surface area contributed by atoms with Gasteiger partial charge in [-0.05, 0) is 107 Å². The van der Waals surface area contributed by atoms with Gasteiger partial charge in [0.15, 0.2) is 17.3 Å². The van der Waals surface area contributed by atoms with E-state index in [4.69, 9.17) is 0 Å². The minimum absolute atomic E-state index is 0. The normalized spacial score (nSPS) is 32.8. The Kier molecular flexibility index (Phi) is 15.1. The Morgan fingerprint density at radius 2 is 0.529 bits per heavy atom. The van der Waals surface area contributed by atoms with Crippen molar-refractivity contribution in [1.29, 1.82) is 0 Å².